The molecule has 0 radical (unpaired) electrons. The Morgan fingerprint density at radius 2 is 2.10 bits per heavy atom. The molecule has 2 aliphatic heterocycles. The van der Waals surface area contributed by atoms with Crippen molar-refractivity contribution < 1.29 is 9.47 Å². The summed E-state index contributed by atoms with van der Waals surface area (Å²) in [6.07, 6.45) is 3.25. The molecule has 5 heteroatoms. The lowest BCUT2D eigenvalue weighted by Crippen LogP contribution is -2.43. The van der Waals surface area contributed by atoms with Gasteiger partial charge in [-0.15, -0.1) is 0 Å². The van der Waals surface area contributed by atoms with Crippen LogP contribution in [0.25, 0.3) is 0 Å². The summed E-state index contributed by atoms with van der Waals surface area (Å²) in [5, 5.41) is 3.44. The minimum absolute atomic E-state index is 0.418. The molecule has 0 amide bonds. The quantitative estimate of drug-likeness (QED) is 0.796. The van der Waals surface area contributed by atoms with Crippen molar-refractivity contribution in [3.8, 4) is 0 Å². The Morgan fingerprint density at radius 1 is 1.33 bits per heavy atom. The fourth-order valence-corrected chi connectivity index (χ4v) is 3.62. The predicted molar refractivity (Wildman–Crippen MR) is 87.8 cm³/mol. The Balaban J connectivity index is 1.71. The lowest BCUT2D eigenvalue weighted by atomic mass is 10.1. The number of nitrogens with one attached hydrogen (secondary N) is 1. The van der Waals surface area contributed by atoms with Crippen LogP contribution in [0, 0.1) is 0 Å². The minimum Gasteiger partial charge on any atom is -0.383 e. The minimum atomic E-state index is 0.418. The topological polar surface area (TPSA) is 33.7 Å². The Bertz CT molecular complexity index is 471. The molecule has 2 bridgehead atoms. The average Bonchev–Trinajstić information content (AvgIpc) is 2.82. The van der Waals surface area contributed by atoms with Crippen molar-refractivity contribution in [2.24, 2.45) is 0 Å². The Kier molecular flexibility index (Phi) is 5.16. The lowest BCUT2D eigenvalue weighted by Gasteiger charge is -2.35. The summed E-state index contributed by atoms with van der Waals surface area (Å²) in [5.41, 5.74) is 2.67. The molecule has 0 spiro atoms. The van der Waals surface area contributed by atoms with Gasteiger partial charge in [-0.05, 0) is 36.6 Å². The largest absolute Gasteiger partial charge is 0.383 e. The van der Waals surface area contributed by atoms with Gasteiger partial charge in [0.2, 0.25) is 0 Å². The van der Waals surface area contributed by atoms with Crippen LogP contribution in [0.1, 0.15) is 18.4 Å². The number of ether oxygens (including phenoxy) is 2. The zero-order valence-corrected chi connectivity index (χ0v) is 14.1. The third-order valence-electron chi connectivity index (χ3n) is 4.22. The third-order valence-corrected chi connectivity index (χ3v) is 4.72. The third kappa shape index (κ3) is 3.77. The highest BCUT2D eigenvalue weighted by Gasteiger charge is 2.34. The van der Waals surface area contributed by atoms with Gasteiger partial charge in [-0.3, -0.25) is 0 Å². The first-order valence-corrected chi connectivity index (χ1v) is 8.44. The van der Waals surface area contributed by atoms with E-state index in [1.165, 1.54) is 24.1 Å². The molecule has 21 heavy (non-hydrogen) atoms. The number of hydrogen-bond donors (Lipinski definition) is 1. The van der Waals surface area contributed by atoms with E-state index in [2.05, 4.69) is 44.3 Å². The summed E-state index contributed by atoms with van der Waals surface area (Å²) in [7, 11) is 1.73. The van der Waals surface area contributed by atoms with Crippen molar-refractivity contribution in [2.45, 2.75) is 31.6 Å². The highest BCUT2D eigenvalue weighted by molar-refractivity contribution is 9.10. The molecule has 2 fully saturated rings. The van der Waals surface area contributed by atoms with Crippen LogP contribution in [-0.2, 0) is 16.0 Å². The van der Waals surface area contributed by atoms with Crippen molar-refractivity contribution in [1.29, 1.82) is 0 Å². The maximum Gasteiger partial charge on any atom is 0.0755 e. The molecule has 0 saturated carbocycles. The SMILES string of the molecule is COCCNCc1cc(Br)ccc1N1CC2CCC(C1)O2. The van der Waals surface area contributed by atoms with Crippen LogP contribution < -0.4 is 10.2 Å². The monoisotopic (exact) mass is 354 g/mol. The van der Waals surface area contributed by atoms with Gasteiger partial charge in [-0.25, -0.2) is 0 Å². The van der Waals surface area contributed by atoms with Crippen LogP contribution in [0.2, 0.25) is 0 Å². The Hall–Kier alpha value is -0.620. The van der Waals surface area contributed by atoms with Crippen LogP contribution >= 0.6 is 15.9 Å². The molecule has 4 nitrogen and oxygen atoms in total. The second-order valence-corrected chi connectivity index (χ2v) is 6.72. The molecule has 2 atom stereocenters. The van der Waals surface area contributed by atoms with E-state index in [1.54, 1.807) is 7.11 Å². The molecule has 116 valence electrons. The van der Waals surface area contributed by atoms with Crippen LogP contribution in [0.3, 0.4) is 0 Å². The van der Waals surface area contributed by atoms with Crippen molar-refractivity contribution in [3.05, 3.63) is 28.2 Å². The second kappa shape index (κ2) is 7.09. The van der Waals surface area contributed by atoms with E-state index in [9.17, 15) is 0 Å². The highest BCUT2D eigenvalue weighted by atomic mass is 79.9. The molecule has 3 rings (SSSR count). The summed E-state index contributed by atoms with van der Waals surface area (Å²) >= 11 is 3.58. The molecule has 2 unspecified atom stereocenters. The molecule has 0 aromatic heterocycles. The van der Waals surface area contributed by atoms with Gasteiger partial charge in [-0.1, -0.05) is 15.9 Å². The molecule has 1 aromatic carbocycles. The average molecular weight is 355 g/mol. The van der Waals surface area contributed by atoms with Gasteiger partial charge in [0.25, 0.3) is 0 Å². The normalized spacial score (nSPS) is 24.6. The highest BCUT2D eigenvalue weighted by Crippen LogP contribution is 2.32. The van der Waals surface area contributed by atoms with Gasteiger partial charge in [0.15, 0.2) is 0 Å². The number of rotatable bonds is 6. The van der Waals surface area contributed by atoms with E-state index in [4.69, 9.17) is 9.47 Å². The van der Waals surface area contributed by atoms with Gasteiger partial charge in [0.05, 0.1) is 18.8 Å². The standard InChI is InChI=1S/C16H23BrN2O2/c1-20-7-6-18-9-12-8-13(17)2-5-16(12)19-10-14-3-4-15(11-19)21-14/h2,5,8,14-15,18H,3-4,6-7,9-11H2,1H3. The maximum absolute atomic E-state index is 5.94. The maximum atomic E-state index is 5.94. The van der Waals surface area contributed by atoms with Crippen LogP contribution in [-0.4, -0.2) is 45.6 Å². The molecule has 2 heterocycles. The molecule has 0 aliphatic carbocycles. The van der Waals surface area contributed by atoms with Crippen molar-refractivity contribution >= 4 is 21.6 Å². The fraction of sp³-hybridized carbons (Fsp3) is 0.625. The van der Waals surface area contributed by atoms with E-state index in [0.717, 1.165) is 37.3 Å². The first kappa shape index (κ1) is 15.3. The number of halogens is 1. The van der Waals surface area contributed by atoms with Gasteiger partial charge in [0.1, 0.15) is 0 Å². The fourth-order valence-electron chi connectivity index (χ4n) is 3.21. The smallest absolute Gasteiger partial charge is 0.0755 e. The van der Waals surface area contributed by atoms with Crippen LogP contribution in [0.5, 0.6) is 0 Å². The Labute approximate surface area is 134 Å². The first-order chi connectivity index (χ1) is 10.3. The van der Waals surface area contributed by atoms with Gasteiger partial charge in [-0.2, -0.15) is 0 Å². The summed E-state index contributed by atoms with van der Waals surface area (Å²) < 4.78 is 12.2. The zero-order chi connectivity index (χ0) is 14.7. The number of methoxy groups -OCH3 is 1. The summed E-state index contributed by atoms with van der Waals surface area (Å²) in [5.74, 6) is 0. The van der Waals surface area contributed by atoms with Gasteiger partial charge >= 0.3 is 0 Å². The summed E-state index contributed by atoms with van der Waals surface area (Å²) in [6, 6.07) is 6.57. The number of benzene rings is 1. The first-order valence-electron chi connectivity index (χ1n) is 7.65. The van der Waals surface area contributed by atoms with Crippen LogP contribution in [0.15, 0.2) is 22.7 Å². The van der Waals surface area contributed by atoms with Gasteiger partial charge < -0.3 is 19.7 Å². The van der Waals surface area contributed by atoms with Crippen molar-refractivity contribution in [2.75, 3.05) is 38.3 Å². The number of nitrogens with zero attached hydrogens (tertiary/aromatic N) is 1. The number of anilines is 1. The van der Waals surface area contributed by atoms with E-state index in [0.29, 0.717) is 12.2 Å². The Morgan fingerprint density at radius 3 is 2.81 bits per heavy atom. The van der Waals surface area contributed by atoms with Crippen LogP contribution in [0.4, 0.5) is 5.69 Å². The van der Waals surface area contributed by atoms with Crippen molar-refractivity contribution in [3.63, 3.8) is 0 Å². The predicted octanol–water partition coefficient (Wildman–Crippen LogP) is 2.55. The molecule has 1 N–H and O–H groups in total. The van der Waals surface area contributed by atoms with E-state index in [-0.39, 0.29) is 0 Å². The number of morpholine rings is 1. The summed E-state index contributed by atoms with van der Waals surface area (Å²) in [4.78, 5) is 2.49. The van der Waals surface area contributed by atoms with E-state index < -0.39 is 0 Å². The van der Waals surface area contributed by atoms with E-state index >= 15 is 0 Å². The molecule has 1 aromatic rings. The lowest BCUT2D eigenvalue weighted by molar-refractivity contribution is 0.0304. The number of fused-ring (bicyclic) bond motifs is 2. The summed E-state index contributed by atoms with van der Waals surface area (Å²) in [6.45, 7) is 4.51. The second-order valence-electron chi connectivity index (χ2n) is 5.81. The molecular weight excluding hydrogens is 332 g/mol. The van der Waals surface area contributed by atoms with Gasteiger partial charge in [0, 0.05) is 43.4 Å². The molecule has 2 saturated heterocycles. The van der Waals surface area contributed by atoms with Crippen molar-refractivity contribution in [1.82, 2.24) is 5.32 Å². The van der Waals surface area contributed by atoms with E-state index in [1.807, 2.05) is 0 Å². The number of hydrogen-bond acceptors (Lipinski definition) is 4. The molecule has 2 aliphatic rings. The zero-order valence-electron chi connectivity index (χ0n) is 12.5. The molecular formula is C16H23BrN2O2.